The highest BCUT2D eigenvalue weighted by atomic mass is 35.5. The van der Waals surface area contributed by atoms with Crippen molar-refractivity contribution < 1.29 is 9.32 Å². The normalized spacial score (nSPS) is 15.9. The fraction of sp³-hybridized carbons (Fsp3) is 0.412. The highest BCUT2D eigenvalue weighted by Gasteiger charge is 2.24. The number of aromatic nitrogens is 1. The molecule has 6 heteroatoms. The molecular weight excluding hydrogens is 314 g/mol. The van der Waals surface area contributed by atoms with E-state index in [2.05, 4.69) is 10.1 Å². The van der Waals surface area contributed by atoms with E-state index in [4.69, 9.17) is 16.1 Å². The van der Waals surface area contributed by atoms with Gasteiger partial charge in [-0.1, -0.05) is 28.9 Å². The second-order valence-electron chi connectivity index (χ2n) is 5.85. The van der Waals surface area contributed by atoms with Crippen molar-refractivity contribution in [2.75, 3.05) is 26.2 Å². The molecule has 5 nitrogen and oxygen atoms in total. The highest BCUT2D eigenvalue weighted by molar-refractivity contribution is 6.33. The van der Waals surface area contributed by atoms with Gasteiger partial charge in [0.1, 0.15) is 5.76 Å². The Labute approximate surface area is 140 Å². The fourth-order valence-electron chi connectivity index (χ4n) is 2.87. The van der Waals surface area contributed by atoms with E-state index in [1.807, 2.05) is 30.9 Å². The number of hydrogen-bond donors (Lipinski definition) is 0. The van der Waals surface area contributed by atoms with Crippen LogP contribution in [0.15, 0.2) is 28.8 Å². The number of piperazine rings is 1. The molecule has 1 aliphatic heterocycles. The maximum Gasteiger partial charge on any atom is 0.255 e. The summed E-state index contributed by atoms with van der Waals surface area (Å²) in [6, 6.07) is 7.21. The van der Waals surface area contributed by atoms with Crippen LogP contribution in [0.3, 0.4) is 0 Å². The van der Waals surface area contributed by atoms with Gasteiger partial charge >= 0.3 is 0 Å². The number of amides is 1. The second-order valence-corrected chi connectivity index (χ2v) is 6.26. The first-order valence-electron chi connectivity index (χ1n) is 7.74. The summed E-state index contributed by atoms with van der Waals surface area (Å²) < 4.78 is 5.21. The topological polar surface area (TPSA) is 49.6 Å². The molecule has 0 N–H and O–H groups in total. The second kappa shape index (κ2) is 6.72. The number of carbonyl (C=O) groups is 1. The monoisotopic (exact) mass is 333 g/mol. The lowest BCUT2D eigenvalue weighted by atomic mass is 10.1. The van der Waals surface area contributed by atoms with Gasteiger partial charge in [0.2, 0.25) is 0 Å². The van der Waals surface area contributed by atoms with Crippen molar-refractivity contribution in [3.63, 3.8) is 0 Å². The zero-order valence-electron chi connectivity index (χ0n) is 13.4. The molecule has 0 unspecified atom stereocenters. The van der Waals surface area contributed by atoms with Gasteiger partial charge in [-0.15, -0.1) is 0 Å². The van der Waals surface area contributed by atoms with Crippen LogP contribution in [-0.2, 0) is 6.54 Å². The van der Waals surface area contributed by atoms with Crippen LogP contribution in [0.4, 0.5) is 0 Å². The molecule has 0 radical (unpaired) electrons. The van der Waals surface area contributed by atoms with Crippen LogP contribution in [0.5, 0.6) is 0 Å². The first-order valence-corrected chi connectivity index (χ1v) is 8.12. The van der Waals surface area contributed by atoms with Crippen LogP contribution in [0.25, 0.3) is 0 Å². The van der Waals surface area contributed by atoms with E-state index in [0.717, 1.165) is 36.7 Å². The summed E-state index contributed by atoms with van der Waals surface area (Å²) in [6.07, 6.45) is 0. The number of rotatable bonds is 3. The zero-order valence-corrected chi connectivity index (χ0v) is 14.1. The third-order valence-electron chi connectivity index (χ3n) is 4.33. The van der Waals surface area contributed by atoms with Gasteiger partial charge in [0.15, 0.2) is 0 Å². The molecule has 1 aliphatic rings. The van der Waals surface area contributed by atoms with Crippen LogP contribution >= 0.6 is 11.6 Å². The summed E-state index contributed by atoms with van der Waals surface area (Å²) in [6.45, 7) is 7.78. The minimum absolute atomic E-state index is 0.00703. The molecule has 1 saturated heterocycles. The maximum atomic E-state index is 12.6. The molecule has 0 spiro atoms. The van der Waals surface area contributed by atoms with Crippen molar-refractivity contribution in [1.82, 2.24) is 15.0 Å². The molecule has 2 aromatic rings. The third kappa shape index (κ3) is 3.41. The van der Waals surface area contributed by atoms with Crippen LogP contribution in [0.2, 0.25) is 5.02 Å². The molecule has 0 saturated carbocycles. The third-order valence-corrected chi connectivity index (χ3v) is 4.66. The van der Waals surface area contributed by atoms with E-state index in [-0.39, 0.29) is 5.91 Å². The van der Waals surface area contributed by atoms with Crippen molar-refractivity contribution in [2.24, 2.45) is 0 Å². The molecular formula is C17H20ClN3O2. The number of benzene rings is 1. The van der Waals surface area contributed by atoms with Crippen LogP contribution in [0, 0.1) is 13.8 Å². The Morgan fingerprint density at radius 3 is 2.52 bits per heavy atom. The lowest BCUT2D eigenvalue weighted by Gasteiger charge is -2.34. The van der Waals surface area contributed by atoms with Gasteiger partial charge in [-0.25, -0.2) is 0 Å². The van der Waals surface area contributed by atoms with E-state index in [9.17, 15) is 4.79 Å². The maximum absolute atomic E-state index is 12.6. The van der Waals surface area contributed by atoms with Crippen LogP contribution in [0.1, 0.15) is 27.4 Å². The Morgan fingerprint density at radius 1 is 1.22 bits per heavy atom. The van der Waals surface area contributed by atoms with E-state index >= 15 is 0 Å². The first kappa shape index (κ1) is 16.0. The highest BCUT2D eigenvalue weighted by Crippen LogP contribution is 2.20. The molecule has 23 heavy (non-hydrogen) atoms. The molecule has 1 amide bonds. The number of nitrogens with zero attached hydrogens (tertiary/aromatic N) is 3. The average Bonchev–Trinajstić information content (AvgIpc) is 2.87. The summed E-state index contributed by atoms with van der Waals surface area (Å²) in [5, 5.41) is 4.50. The van der Waals surface area contributed by atoms with Crippen LogP contribution < -0.4 is 0 Å². The molecule has 1 aromatic heterocycles. The smallest absolute Gasteiger partial charge is 0.255 e. The predicted molar refractivity (Wildman–Crippen MR) is 88.6 cm³/mol. The number of hydrogen-bond acceptors (Lipinski definition) is 4. The van der Waals surface area contributed by atoms with Crippen molar-refractivity contribution in [3.05, 3.63) is 51.9 Å². The van der Waals surface area contributed by atoms with E-state index in [1.54, 1.807) is 12.1 Å². The predicted octanol–water partition coefficient (Wildman–Crippen LogP) is 2.90. The van der Waals surface area contributed by atoms with E-state index in [1.165, 1.54) is 0 Å². The quantitative estimate of drug-likeness (QED) is 0.866. The molecule has 3 rings (SSSR count). The summed E-state index contributed by atoms with van der Waals surface area (Å²) >= 11 is 6.12. The standard InChI is InChI=1S/C17H20ClN3O2/c1-12-15(13(2)23-19-12)11-20-7-9-21(10-8-20)17(22)14-5-3-4-6-16(14)18/h3-6H,7-11H2,1-2H3. The Hall–Kier alpha value is -1.85. The van der Waals surface area contributed by atoms with Gasteiger partial charge in [0, 0.05) is 38.3 Å². The summed E-state index contributed by atoms with van der Waals surface area (Å²) in [4.78, 5) is 16.7. The minimum Gasteiger partial charge on any atom is -0.361 e. The van der Waals surface area contributed by atoms with E-state index < -0.39 is 0 Å². The Bertz CT molecular complexity index is 686. The molecule has 122 valence electrons. The SMILES string of the molecule is Cc1noc(C)c1CN1CCN(C(=O)c2ccccc2Cl)CC1. The number of halogens is 1. The molecule has 1 aromatic carbocycles. The summed E-state index contributed by atoms with van der Waals surface area (Å²) in [7, 11) is 0. The lowest BCUT2D eigenvalue weighted by molar-refractivity contribution is 0.0628. The lowest BCUT2D eigenvalue weighted by Crippen LogP contribution is -2.48. The molecule has 0 aliphatic carbocycles. The summed E-state index contributed by atoms with van der Waals surface area (Å²) in [5.74, 6) is 0.879. The van der Waals surface area contributed by atoms with Crippen molar-refractivity contribution >= 4 is 17.5 Å². The van der Waals surface area contributed by atoms with Gasteiger partial charge in [0.05, 0.1) is 16.3 Å². The van der Waals surface area contributed by atoms with Crippen molar-refractivity contribution in [3.8, 4) is 0 Å². The van der Waals surface area contributed by atoms with Crippen molar-refractivity contribution in [2.45, 2.75) is 20.4 Å². The average molecular weight is 334 g/mol. The Balaban J connectivity index is 1.60. The molecule has 0 bridgehead atoms. The van der Waals surface area contributed by atoms with Gasteiger partial charge in [-0.3, -0.25) is 9.69 Å². The molecule has 0 atom stereocenters. The fourth-order valence-corrected chi connectivity index (χ4v) is 3.08. The molecule has 1 fully saturated rings. The zero-order chi connectivity index (χ0) is 16.4. The first-order chi connectivity index (χ1) is 11.1. The van der Waals surface area contributed by atoms with Gasteiger partial charge in [-0.05, 0) is 26.0 Å². The van der Waals surface area contributed by atoms with Gasteiger partial charge in [-0.2, -0.15) is 0 Å². The number of carbonyl (C=O) groups excluding carboxylic acids is 1. The minimum atomic E-state index is 0.00703. The largest absolute Gasteiger partial charge is 0.361 e. The number of aryl methyl sites for hydroxylation is 2. The van der Waals surface area contributed by atoms with Crippen LogP contribution in [-0.4, -0.2) is 47.0 Å². The Morgan fingerprint density at radius 2 is 1.91 bits per heavy atom. The molecule has 2 heterocycles. The van der Waals surface area contributed by atoms with Gasteiger partial charge < -0.3 is 9.42 Å². The van der Waals surface area contributed by atoms with E-state index in [0.29, 0.717) is 23.7 Å². The van der Waals surface area contributed by atoms with Gasteiger partial charge in [0.25, 0.3) is 5.91 Å². The Kier molecular flexibility index (Phi) is 4.68. The van der Waals surface area contributed by atoms with Crippen molar-refractivity contribution in [1.29, 1.82) is 0 Å². The summed E-state index contributed by atoms with van der Waals surface area (Å²) in [5.41, 5.74) is 2.67.